The van der Waals surface area contributed by atoms with Gasteiger partial charge in [0.2, 0.25) is 53.2 Å². The second-order valence-electron chi connectivity index (χ2n) is 17.7. The van der Waals surface area contributed by atoms with E-state index in [4.69, 9.17) is 44.3 Å². The summed E-state index contributed by atoms with van der Waals surface area (Å²) in [5.74, 6) is -12.9. The van der Waals surface area contributed by atoms with Gasteiger partial charge >= 0.3 is 11.9 Å². The molecule has 0 bridgehead atoms. The lowest BCUT2D eigenvalue weighted by Gasteiger charge is -2.28. The largest absolute Gasteiger partial charge is 0.481 e. The fourth-order valence-electron chi connectivity index (χ4n) is 7.06. The quantitative estimate of drug-likeness (QED) is 0.0154. The number of nitrogens with two attached hydrogens (primary N) is 4. The summed E-state index contributed by atoms with van der Waals surface area (Å²) in [5.41, 5.74) is 21.9. The van der Waals surface area contributed by atoms with Gasteiger partial charge in [-0.1, -0.05) is 0 Å². The summed E-state index contributed by atoms with van der Waals surface area (Å²) in [6, 6.07) is -13.5. The van der Waals surface area contributed by atoms with Crippen LogP contribution in [0.2, 0.25) is 0 Å². The van der Waals surface area contributed by atoms with E-state index in [0.717, 1.165) is 0 Å². The number of carbonyl (C=O) groups is 11. The highest BCUT2D eigenvalue weighted by Crippen LogP contribution is 2.10. The molecule has 0 aromatic carbocycles. The van der Waals surface area contributed by atoms with E-state index < -0.39 is 164 Å². The summed E-state index contributed by atoms with van der Waals surface area (Å²) in [4.78, 5) is 145. The molecule has 0 radical (unpaired) electrons. The predicted molar refractivity (Wildman–Crippen MR) is 282 cm³/mol. The van der Waals surface area contributed by atoms with Gasteiger partial charge in [0.15, 0.2) is 17.9 Å². The SMILES string of the molecule is CNC(=O)[C@H](CC(=O)O)NC(=O)[C@H](C)NC(=O)[C@H](CO)NC(=O)[C@@H](CCCNC(=N)N)NC(=O)[C@H](CCCNC(=N)N)NC(=O)[C@H](CCCCN)NC(=O)[C@H](CCC(=O)O)NC(=O)[C@H](CCCNC(=N)N)NC(=O)[C@H](CO)NC. The minimum absolute atomic E-state index is 0.00269. The van der Waals surface area contributed by atoms with Crippen LogP contribution in [0.5, 0.6) is 0 Å². The van der Waals surface area contributed by atoms with E-state index >= 15 is 0 Å². The van der Waals surface area contributed by atoms with Gasteiger partial charge in [-0.15, -0.1) is 0 Å². The van der Waals surface area contributed by atoms with Gasteiger partial charge < -0.3 is 112 Å². The number of rotatable bonds is 41. The first-order valence-electron chi connectivity index (χ1n) is 25.2. The second-order valence-corrected chi connectivity index (χ2v) is 17.7. The summed E-state index contributed by atoms with van der Waals surface area (Å²) in [5, 5.41) is 92.5. The molecular weight excluding hydrogens is 1050 g/mol. The fraction of sp³-hybridized carbons (Fsp3) is 0.682. The molecule has 448 valence electrons. The van der Waals surface area contributed by atoms with Gasteiger partial charge in [0.05, 0.1) is 19.6 Å². The van der Waals surface area contributed by atoms with Crippen LogP contribution in [0.1, 0.15) is 84.0 Å². The Bertz CT molecular complexity index is 2080. The van der Waals surface area contributed by atoms with Crippen LogP contribution in [0.25, 0.3) is 0 Å². The van der Waals surface area contributed by atoms with Crippen LogP contribution >= 0.6 is 0 Å². The monoisotopic (exact) mass is 1130 g/mol. The number of aliphatic hydroxyl groups is 2. The van der Waals surface area contributed by atoms with Crippen molar-refractivity contribution < 1.29 is 73.2 Å². The van der Waals surface area contributed by atoms with Crippen LogP contribution in [0.15, 0.2) is 0 Å². The number of hydrogen-bond acceptors (Lipinski definition) is 18. The number of hydrogen-bond donors (Lipinski definition) is 24. The molecule has 0 aromatic heterocycles. The molecule has 0 aromatic rings. The molecule has 0 aliphatic heterocycles. The Balaban J connectivity index is 6.93. The Hall–Kier alpha value is -8.18. The van der Waals surface area contributed by atoms with Crippen molar-refractivity contribution in [3.63, 3.8) is 0 Å². The van der Waals surface area contributed by atoms with Gasteiger partial charge in [-0.3, -0.25) is 69.0 Å². The Morgan fingerprint density at radius 1 is 0.418 bits per heavy atom. The van der Waals surface area contributed by atoms with E-state index in [1.54, 1.807) is 0 Å². The fourth-order valence-corrected chi connectivity index (χ4v) is 7.06. The number of amides is 9. The van der Waals surface area contributed by atoms with Crippen LogP contribution in [0.3, 0.4) is 0 Å². The molecule has 0 saturated carbocycles. The van der Waals surface area contributed by atoms with E-state index in [2.05, 4.69) is 69.1 Å². The molecule has 0 fully saturated rings. The number of guanidine groups is 3. The lowest BCUT2D eigenvalue weighted by atomic mass is 10.0. The van der Waals surface area contributed by atoms with E-state index in [1.807, 2.05) is 0 Å². The molecule has 35 heteroatoms. The van der Waals surface area contributed by atoms with Crippen molar-refractivity contribution in [2.75, 3.05) is 53.5 Å². The Labute approximate surface area is 455 Å². The maximum atomic E-state index is 14.3. The summed E-state index contributed by atoms with van der Waals surface area (Å²) in [7, 11) is 2.58. The van der Waals surface area contributed by atoms with Crippen LogP contribution in [-0.2, 0) is 52.7 Å². The Morgan fingerprint density at radius 2 is 0.747 bits per heavy atom. The maximum absolute atomic E-state index is 14.3. The smallest absolute Gasteiger partial charge is 0.305 e. The molecule has 0 aliphatic rings. The molecule has 0 heterocycles. The van der Waals surface area contributed by atoms with Crippen LogP contribution in [0.4, 0.5) is 0 Å². The van der Waals surface area contributed by atoms with Crippen molar-refractivity contribution in [1.29, 1.82) is 16.2 Å². The number of unbranched alkanes of at least 4 members (excludes halogenated alkanes) is 1. The standard InChI is InChI=1S/C44H82N20O15/c1-22(33(71)63-28(19-32(69)70)34(72)53-3)57-41(79)30(21-66)64-38(76)26(12-8-18-56-44(50)51)60-36(74)24(10-6-16-54-42(46)47)59-35(73)23(9-4-5-15-45)58-39(77)27(13-14-31(67)68)62-37(75)25(11-7-17-55-43(48)49)61-40(78)29(20-65)52-2/h22-30,52,65-66H,4-21,45H2,1-3H3,(H,53,72)(H,57,79)(H,58,77)(H,59,73)(H,60,74)(H,61,78)(H,62,75)(H,63,71)(H,64,76)(H,67,68)(H,69,70)(H4,46,47,54)(H4,48,49,55)(H4,50,51,56)/t22-,23-,24-,25-,26+,27-,28-,29-,30-/m0/s1. The third-order valence-corrected chi connectivity index (χ3v) is 11.4. The summed E-state index contributed by atoms with van der Waals surface area (Å²) >= 11 is 0. The van der Waals surface area contributed by atoms with E-state index in [1.165, 1.54) is 21.0 Å². The number of carboxylic acids is 2. The van der Waals surface area contributed by atoms with Gasteiger partial charge in [0, 0.05) is 33.1 Å². The third-order valence-electron chi connectivity index (χ3n) is 11.4. The molecule has 28 N–H and O–H groups in total. The first-order chi connectivity index (χ1) is 37.2. The Kier molecular flexibility index (Phi) is 35.2. The second kappa shape index (κ2) is 39.2. The molecule has 0 rings (SSSR count). The molecule has 0 aliphatic carbocycles. The summed E-state index contributed by atoms with van der Waals surface area (Å²) < 4.78 is 0. The molecule has 0 spiro atoms. The highest BCUT2D eigenvalue weighted by molar-refractivity contribution is 5.98. The van der Waals surface area contributed by atoms with Crippen molar-refractivity contribution in [1.82, 2.24) is 69.1 Å². The van der Waals surface area contributed by atoms with E-state index in [0.29, 0.717) is 6.42 Å². The normalized spacial score (nSPS) is 14.2. The van der Waals surface area contributed by atoms with Gasteiger partial charge in [-0.05, 0) is 84.7 Å². The highest BCUT2D eigenvalue weighted by Gasteiger charge is 2.35. The molecule has 9 amide bonds. The average Bonchev–Trinajstić information content (AvgIpc) is 3.38. The van der Waals surface area contributed by atoms with Crippen LogP contribution in [0, 0.1) is 16.2 Å². The highest BCUT2D eigenvalue weighted by atomic mass is 16.4. The van der Waals surface area contributed by atoms with Crippen molar-refractivity contribution in [2.45, 2.75) is 138 Å². The topological polar surface area (TPSA) is 601 Å². The van der Waals surface area contributed by atoms with Crippen molar-refractivity contribution in [2.24, 2.45) is 22.9 Å². The number of nitrogens with one attached hydrogen (secondary N) is 16. The van der Waals surface area contributed by atoms with Gasteiger partial charge in [-0.25, -0.2) is 0 Å². The van der Waals surface area contributed by atoms with Gasteiger partial charge in [0.1, 0.15) is 54.4 Å². The van der Waals surface area contributed by atoms with Crippen molar-refractivity contribution >= 4 is 83.0 Å². The summed E-state index contributed by atoms with van der Waals surface area (Å²) in [6.07, 6.45) is -1.90. The van der Waals surface area contributed by atoms with Crippen molar-refractivity contribution in [3.05, 3.63) is 0 Å². The molecule has 0 unspecified atom stereocenters. The van der Waals surface area contributed by atoms with Crippen molar-refractivity contribution in [3.8, 4) is 0 Å². The third kappa shape index (κ3) is 30.4. The lowest BCUT2D eigenvalue weighted by molar-refractivity contribution is -0.141. The van der Waals surface area contributed by atoms with Gasteiger partial charge in [0.25, 0.3) is 0 Å². The number of carboxylic acid groups (broad SMARTS) is 2. The zero-order valence-electron chi connectivity index (χ0n) is 44.5. The summed E-state index contributed by atoms with van der Waals surface area (Å²) in [6.45, 7) is -0.320. The first kappa shape index (κ1) is 70.8. The molecule has 0 saturated heterocycles. The van der Waals surface area contributed by atoms with Crippen LogP contribution < -0.4 is 92.1 Å². The molecular formula is C44H82N20O15. The molecule has 35 nitrogen and oxygen atoms in total. The zero-order chi connectivity index (χ0) is 60.2. The lowest BCUT2D eigenvalue weighted by Crippen LogP contribution is -2.60. The van der Waals surface area contributed by atoms with E-state index in [9.17, 15) is 68.1 Å². The van der Waals surface area contributed by atoms with E-state index in [-0.39, 0.29) is 83.5 Å². The number of carbonyl (C=O) groups excluding carboxylic acids is 9. The minimum Gasteiger partial charge on any atom is -0.481 e. The van der Waals surface area contributed by atoms with Gasteiger partial charge in [-0.2, -0.15) is 0 Å². The number of aliphatic hydroxyl groups excluding tert-OH is 2. The number of aliphatic carboxylic acids is 2. The number of likely N-dealkylation sites (N-methyl/N-ethyl adjacent to an activating group) is 2. The minimum atomic E-state index is -1.78. The van der Waals surface area contributed by atoms with Crippen LogP contribution in [-0.4, -0.2) is 211 Å². The Morgan fingerprint density at radius 3 is 1.06 bits per heavy atom. The molecule has 79 heavy (non-hydrogen) atoms. The first-order valence-corrected chi connectivity index (χ1v) is 25.2. The predicted octanol–water partition coefficient (Wildman–Crippen LogP) is -9.54. The average molecular weight is 1130 g/mol. The molecule has 9 atom stereocenters. The maximum Gasteiger partial charge on any atom is 0.305 e. The zero-order valence-corrected chi connectivity index (χ0v) is 44.5.